The summed E-state index contributed by atoms with van der Waals surface area (Å²) in [7, 11) is 0. The highest BCUT2D eigenvalue weighted by Gasteiger charge is 2.27. The van der Waals surface area contributed by atoms with Crippen LogP contribution in [0.25, 0.3) is 0 Å². The van der Waals surface area contributed by atoms with E-state index in [2.05, 4.69) is 18.6 Å². The first-order chi connectivity index (χ1) is 12.7. The van der Waals surface area contributed by atoms with E-state index < -0.39 is 23.7 Å². The molecule has 0 aliphatic carbocycles. The number of carbonyl (C=O) groups is 3. The molecular formula is C18H21Cl3O6. The standard InChI is InChI=1S/C18H21Cl3O6/c1-3-6-10(2)7-4-5-8-26-17(24)13-14(21)11(19)9-12(20)15(13)27-18(25)16(22)23/h9-10H,3-8H2,1-2H3,(H,22,23). The molecule has 1 N–H and O–H groups in total. The van der Waals surface area contributed by atoms with Gasteiger partial charge in [-0.05, 0) is 24.8 Å². The minimum absolute atomic E-state index is 0.0582. The van der Waals surface area contributed by atoms with Crippen LogP contribution in [0, 0.1) is 5.92 Å². The van der Waals surface area contributed by atoms with Gasteiger partial charge in [0.25, 0.3) is 0 Å². The lowest BCUT2D eigenvalue weighted by molar-refractivity contribution is -0.158. The molecule has 0 aliphatic heterocycles. The maximum atomic E-state index is 12.4. The molecule has 0 amide bonds. The Bertz CT molecular complexity index is 705. The second kappa shape index (κ2) is 11.4. The Kier molecular flexibility index (Phi) is 9.91. The Labute approximate surface area is 172 Å². The highest BCUT2D eigenvalue weighted by atomic mass is 35.5. The third-order valence-electron chi connectivity index (χ3n) is 3.81. The molecule has 1 aromatic carbocycles. The van der Waals surface area contributed by atoms with E-state index in [0.717, 1.165) is 31.7 Å². The number of carboxylic acids is 1. The summed E-state index contributed by atoms with van der Waals surface area (Å²) >= 11 is 17.8. The second-order valence-electron chi connectivity index (χ2n) is 6.08. The molecule has 1 aromatic rings. The summed E-state index contributed by atoms with van der Waals surface area (Å²) in [6.45, 7) is 4.43. The average molecular weight is 440 g/mol. The molecule has 1 unspecified atom stereocenters. The molecule has 0 spiro atoms. The van der Waals surface area contributed by atoms with Crippen molar-refractivity contribution >= 4 is 52.7 Å². The SMILES string of the molecule is CCCC(C)CCCCOC(=O)c1c(Cl)c(Cl)cc(Cl)c1OC(=O)C(=O)O. The number of carboxylic acid groups (broad SMARTS) is 1. The number of unbranched alkanes of at least 4 members (excludes halogenated alkanes) is 1. The lowest BCUT2D eigenvalue weighted by atomic mass is 9.99. The van der Waals surface area contributed by atoms with Crippen LogP contribution in [0.2, 0.25) is 15.1 Å². The van der Waals surface area contributed by atoms with E-state index in [1.807, 2.05) is 0 Å². The summed E-state index contributed by atoms with van der Waals surface area (Å²) in [5.41, 5.74) is -0.386. The van der Waals surface area contributed by atoms with Gasteiger partial charge >= 0.3 is 17.9 Å². The van der Waals surface area contributed by atoms with Crippen LogP contribution in [0.4, 0.5) is 0 Å². The Morgan fingerprint density at radius 1 is 1.11 bits per heavy atom. The van der Waals surface area contributed by atoms with Crippen molar-refractivity contribution in [1.82, 2.24) is 0 Å². The number of esters is 2. The quantitative estimate of drug-likeness (QED) is 0.182. The third-order valence-corrected chi connectivity index (χ3v) is 4.87. The van der Waals surface area contributed by atoms with Gasteiger partial charge in [0.1, 0.15) is 5.56 Å². The molecule has 0 radical (unpaired) electrons. The van der Waals surface area contributed by atoms with Crippen LogP contribution in [-0.2, 0) is 14.3 Å². The average Bonchev–Trinajstić information content (AvgIpc) is 2.59. The first-order valence-corrected chi connectivity index (χ1v) is 9.62. The monoisotopic (exact) mass is 438 g/mol. The van der Waals surface area contributed by atoms with Gasteiger partial charge < -0.3 is 14.6 Å². The molecule has 9 heteroatoms. The van der Waals surface area contributed by atoms with Crippen LogP contribution in [0.1, 0.15) is 56.3 Å². The molecule has 0 aliphatic rings. The second-order valence-corrected chi connectivity index (χ2v) is 7.27. The van der Waals surface area contributed by atoms with Crippen molar-refractivity contribution in [1.29, 1.82) is 0 Å². The van der Waals surface area contributed by atoms with Crippen LogP contribution in [0.3, 0.4) is 0 Å². The van der Waals surface area contributed by atoms with Crippen LogP contribution in [-0.4, -0.2) is 29.6 Å². The molecular weight excluding hydrogens is 419 g/mol. The van der Waals surface area contributed by atoms with Crippen molar-refractivity contribution in [2.45, 2.75) is 46.0 Å². The van der Waals surface area contributed by atoms with Crippen LogP contribution < -0.4 is 4.74 Å². The van der Waals surface area contributed by atoms with Crippen molar-refractivity contribution < 1.29 is 29.0 Å². The van der Waals surface area contributed by atoms with E-state index in [-0.39, 0.29) is 27.2 Å². The van der Waals surface area contributed by atoms with Crippen LogP contribution in [0.15, 0.2) is 6.07 Å². The minimum Gasteiger partial charge on any atom is -0.473 e. The summed E-state index contributed by atoms with van der Waals surface area (Å²) < 4.78 is 9.83. The smallest absolute Gasteiger partial charge is 0.422 e. The van der Waals surface area contributed by atoms with E-state index >= 15 is 0 Å². The molecule has 0 aromatic heterocycles. The number of aliphatic carboxylic acids is 1. The highest BCUT2D eigenvalue weighted by molar-refractivity contribution is 6.46. The number of ether oxygens (including phenoxy) is 2. The number of carbonyl (C=O) groups excluding carboxylic acids is 2. The lowest BCUT2D eigenvalue weighted by Gasteiger charge is -2.14. The summed E-state index contributed by atoms with van der Waals surface area (Å²) in [6, 6.07) is 1.14. The molecule has 0 saturated carbocycles. The first kappa shape index (κ1) is 23.5. The Morgan fingerprint density at radius 3 is 2.37 bits per heavy atom. The van der Waals surface area contributed by atoms with Gasteiger partial charge in [-0.25, -0.2) is 14.4 Å². The zero-order chi connectivity index (χ0) is 20.6. The largest absolute Gasteiger partial charge is 0.473 e. The number of hydrogen-bond donors (Lipinski definition) is 1. The molecule has 0 heterocycles. The molecule has 6 nitrogen and oxygen atoms in total. The van der Waals surface area contributed by atoms with Crippen molar-refractivity contribution in [2.24, 2.45) is 5.92 Å². The third kappa shape index (κ3) is 7.20. The van der Waals surface area contributed by atoms with Gasteiger partial charge in [0.15, 0.2) is 5.75 Å². The highest BCUT2D eigenvalue weighted by Crippen LogP contribution is 2.39. The van der Waals surface area contributed by atoms with Gasteiger partial charge in [-0.3, -0.25) is 0 Å². The summed E-state index contributed by atoms with van der Waals surface area (Å²) in [5.74, 6) is -4.26. The van der Waals surface area contributed by atoms with Crippen LogP contribution >= 0.6 is 34.8 Å². The zero-order valence-corrected chi connectivity index (χ0v) is 17.3. The van der Waals surface area contributed by atoms with Crippen molar-refractivity contribution in [3.63, 3.8) is 0 Å². The van der Waals surface area contributed by atoms with Gasteiger partial charge in [-0.2, -0.15) is 0 Å². The first-order valence-electron chi connectivity index (χ1n) is 8.48. The molecule has 27 heavy (non-hydrogen) atoms. The summed E-state index contributed by atoms with van der Waals surface area (Å²) in [4.78, 5) is 34.4. The van der Waals surface area contributed by atoms with Crippen molar-refractivity contribution in [2.75, 3.05) is 6.61 Å². The lowest BCUT2D eigenvalue weighted by Crippen LogP contribution is -2.21. The number of benzene rings is 1. The van der Waals surface area contributed by atoms with Gasteiger partial charge in [0.2, 0.25) is 0 Å². The van der Waals surface area contributed by atoms with Gasteiger partial charge in [0, 0.05) is 0 Å². The van der Waals surface area contributed by atoms with E-state index in [9.17, 15) is 14.4 Å². The number of halogens is 3. The predicted molar refractivity (Wildman–Crippen MR) is 103 cm³/mol. The Morgan fingerprint density at radius 2 is 1.78 bits per heavy atom. The topological polar surface area (TPSA) is 89.9 Å². The van der Waals surface area contributed by atoms with E-state index in [4.69, 9.17) is 44.6 Å². The summed E-state index contributed by atoms with van der Waals surface area (Å²) in [5, 5.41) is 8.14. The maximum absolute atomic E-state index is 12.4. The zero-order valence-electron chi connectivity index (χ0n) is 15.0. The fraction of sp³-hybridized carbons (Fsp3) is 0.500. The van der Waals surface area contributed by atoms with Gasteiger partial charge in [0.05, 0.1) is 21.7 Å². The van der Waals surface area contributed by atoms with Crippen molar-refractivity contribution in [3.8, 4) is 5.75 Å². The van der Waals surface area contributed by atoms with Gasteiger partial charge in [-0.1, -0.05) is 67.9 Å². The van der Waals surface area contributed by atoms with Gasteiger partial charge in [-0.15, -0.1) is 0 Å². The van der Waals surface area contributed by atoms with Crippen LogP contribution in [0.5, 0.6) is 5.75 Å². The number of rotatable bonds is 9. The Balaban J connectivity index is 2.83. The van der Waals surface area contributed by atoms with E-state index in [1.54, 1.807) is 0 Å². The minimum atomic E-state index is -1.85. The van der Waals surface area contributed by atoms with Crippen molar-refractivity contribution in [3.05, 3.63) is 26.7 Å². The Hall–Kier alpha value is -1.50. The van der Waals surface area contributed by atoms with E-state index in [0.29, 0.717) is 12.3 Å². The number of hydrogen-bond acceptors (Lipinski definition) is 5. The fourth-order valence-corrected chi connectivity index (χ4v) is 3.19. The molecule has 0 saturated heterocycles. The maximum Gasteiger partial charge on any atom is 0.422 e. The normalized spacial score (nSPS) is 11.7. The fourth-order valence-electron chi connectivity index (χ4n) is 2.47. The predicted octanol–water partition coefficient (Wildman–Crippen LogP) is 5.40. The molecule has 0 fully saturated rings. The molecule has 1 rings (SSSR count). The van der Waals surface area contributed by atoms with E-state index in [1.165, 1.54) is 0 Å². The molecule has 1 atom stereocenters. The molecule has 0 bridgehead atoms. The summed E-state index contributed by atoms with van der Waals surface area (Å²) in [6.07, 6.45) is 4.84. The molecule has 150 valence electrons.